The zero-order chi connectivity index (χ0) is 17.9. The van der Waals surface area contributed by atoms with E-state index < -0.39 is 0 Å². The average Bonchev–Trinajstić information content (AvgIpc) is 2.59. The summed E-state index contributed by atoms with van der Waals surface area (Å²) in [5.74, 6) is 0.236. The number of anilines is 1. The number of rotatable bonds is 13. The molecule has 0 amide bonds. The molecule has 1 aromatic rings. The molecule has 0 saturated heterocycles. The van der Waals surface area contributed by atoms with Crippen LogP contribution in [0.5, 0.6) is 5.75 Å². The van der Waals surface area contributed by atoms with E-state index in [9.17, 15) is 9.90 Å². The number of unbranched alkanes of at least 4 members (excludes halogenated alkanes) is 4. The van der Waals surface area contributed by atoms with E-state index >= 15 is 0 Å². The van der Waals surface area contributed by atoms with E-state index in [-0.39, 0.29) is 11.2 Å². The standard InChI is InChI=1S/C20H36N2O2/c1-5-9-13-21(14-10-6-2)17-19(23)18(20(17)24)22(15-11-7-3)16-12-8-4/h5-16H2,1-4H3/p+1. The van der Waals surface area contributed by atoms with E-state index in [0.717, 1.165) is 77.5 Å². The maximum Gasteiger partial charge on any atom is 0.294 e. The lowest BCUT2D eigenvalue weighted by Crippen LogP contribution is -2.49. The summed E-state index contributed by atoms with van der Waals surface area (Å²) in [5, 5.41) is 11.2. The van der Waals surface area contributed by atoms with E-state index in [1.807, 2.05) is 0 Å². The molecule has 138 valence electrons. The van der Waals surface area contributed by atoms with Gasteiger partial charge in [-0.2, -0.15) is 0 Å². The molecular formula is C20H37N2O2+. The van der Waals surface area contributed by atoms with E-state index in [4.69, 9.17) is 0 Å². The normalized spacial score (nSPS) is 11.2. The summed E-state index contributed by atoms with van der Waals surface area (Å²) < 4.78 is 2.10. The Bertz CT molecular complexity index is 538. The van der Waals surface area contributed by atoms with Gasteiger partial charge in [0.2, 0.25) is 5.75 Å². The molecule has 0 radical (unpaired) electrons. The van der Waals surface area contributed by atoms with Gasteiger partial charge in [-0.3, -0.25) is 4.79 Å². The van der Waals surface area contributed by atoms with Crippen molar-refractivity contribution in [3.05, 3.63) is 15.6 Å². The van der Waals surface area contributed by atoms with E-state index in [1.165, 1.54) is 0 Å². The predicted molar refractivity (Wildman–Crippen MR) is 104 cm³/mol. The topological polar surface area (TPSA) is 43.5 Å². The van der Waals surface area contributed by atoms with Crippen molar-refractivity contribution in [3.63, 3.8) is 0 Å². The summed E-state index contributed by atoms with van der Waals surface area (Å²) in [5.41, 5.74) is 0.608. The molecule has 0 fully saturated rings. The number of hydrogen-bond acceptors (Lipinski definition) is 3. The van der Waals surface area contributed by atoms with Gasteiger partial charge in [-0.05, 0) is 12.8 Å². The lowest BCUT2D eigenvalue weighted by Gasteiger charge is -2.25. The van der Waals surface area contributed by atoms with Crippen LogP contribution in [-0.2, 0) is 0 Å². The second-order valence-corrected chi connectivity index (χ2v) is 6.76. The average molecular weight is 338 g/mol. The Balaban J connectivity index is 3.11. The zero-order valence-electron chi connectivity index (χ0n) is 16.2. The molecule has 0 saturated carbocycles. The highest BCUT2D eigenvalue weighted by atomic mass is 16.3. The van der Waals surface area contributed by atoms with Crippen LogP contribution in [0.4, 0.5) is 5.69 Å². The van der Waals surface area contributed by atoms with E-state index in [0.29, 0.717) is 11.0 Å². The first-order chi connectivity index (χ1) is 11.6. The smallest absolute Gasteiger partial charge is 0.294 e. The van der Waals surface area contributed by atoms with Crippen LogP contribution in [0.15, 0.2) is 4.79 Å². The minimum Gasteiger partial charge on any atom is -0.501 e. The highest BCUT2D eigenvalue weighted by Crippen LogP contribution is 2.22. The summed E-state index contributed by atoms with van der Waals surface area (Å²) in [6.07, 6.45) is 8.61. The van der Waals surface area contributed by atoms with Crippen LogP contribution in [0.25, 0.3) is 0 Å². The number of hydrogen-bond donors (Lipinski definition) is 1. The Morgan fingerprint density at radius 3 is 1.67 bits per heavy atom. The molecule has 24 heavy (non-hydrogen) atoms. The molecule has 0 aliphatic heterocycles. The van der Waals surface area contributed by atoms with Crippen molar-refractivity contribution in [3.8, 4) is 5.75 Å². The van der Waals surface area contributed by atoms with Gasteiger partial charge in [-0.25, -0.2) is 4.58 Å². The van der Waals surface area contributed by atoms with Crippen LogP contribution in [-0.4, -0.2) is 31.3 Å². The van der Waals surface area contributed by atoms with Gasteiger partial charge in [0, 0.05) is 25.9 Å². The van der Waals surface area contributed by atoms with Crippen LogP contribution in [0.1, 0.15) is 79.1 Å². The zero-order valence-corrected chi connectivity index (χ0v) is 16.2. The second kappa shape index (κ2) is 11.3. The molecule has 4 nitrogen and oxygen atoms in total. The fourth-order valence-corrected chi connectivity index (χ4v) is 3.03. The van der Waals surface area contributed by atoms with Gasteiger partial charge in [0.15, 0.2) is 0 Å². The molecule has 0 heterocycles. The maximum atomic E-state index is 12.8. The van der Waals surface area contributed by atoms with Gasteiger partial charge in [0.25, 0.3) is 10.8 Å². The first-order valence-corrected chi connectivity index (χ1v) is 9.97. The highest BCUT2D eigenvalue weighted by Gasteiger charge is 2.29. The molecule has 0 aliphatic carbocycles. The van der Waals surface area contributed by atoms with E-state index in [2.05, 4.69) is 37.2 Å². The Morgan fingerprint density at radius 2 is 1.29 bits per heavy atom. The predicted octanol–water partition coefficient (Wildman–Crippen LogP) is 3.41. The number of nitrogens with zero attached hydrogens (tertiary/aromatic N) is 2. The molecule has 0 atom stereocenters. The van der Waals surface area contributed by atoms with Crippen molar-refractivity contribution in [2.75, 3.05) is 31.1 Å². The molecule has 1 N–H and O–H groups in total. The summed E-state index contributed by atoms with van der Waals surface area (Å²) in [6.45, 7) is 12.1. The highest BCUT2D eigenvalue weighted by molar-refractivity contribution is 5.62. The molecule has 1 rings (SSSR count). The largest absolute Gasteiger partial charge is 0.501 e. The molecule has 0 aliphatic rings. The summed E-state index contributed by atoms with van der Waals surface area (Å²) in [4.78, 5) is 14.9. The van der Waals surface area contributed by atoms with Crippen LogP contribution < -0.4 is 20.3 Å². The molecule has 0 unspecified atom stereocenters. The Hall–Kier alpha value is -1.32. The van der Waals surface area contributed by atoms with Crippen molar-refractivity contribution < 1.29 is 5.11 Å². The van der Waals surface area contributed by atoms with Crippen molar-refractivity contribution in [2.45, 2.75) is 79.1 Å². The third-order valence-corrected chi connectivity index (χ3v) is 4.64. The SMILES string of the molecule is CCCCN(CCCC)c1c(O)c(=[N+](CCCC)CCCC)c1=O. The van der Waals surface area contributed by atoms with Gasteiger partial charge in [-0.1, -0.05) is 53.4 Å². The van der Waals surface area contributed by atoms with Gasteiger partial charge < -0.3 is 10.0 Å². The second-order valence-electron chi connectivity index (χ2n) is 6.76. The molecule has 0 spiro atoms. The summed E-state index contributed by atoms with van der Waals surface area (Å²) in [7, 11) is 0. The number of aromatic hydroxyl groups is 1. The van der Waals surface area contributed by atoms with Crippen LogP contribution in [0, 0.1) is 0 Å². The fourth-order valence-electron chi connectivity index (χ4n) is 3.03. The molecular weight excluding hydrogens is 300 g/mol. The van der Waals surface area contributed by atoms with Crippen molar-refractivity contribution in [1.82, 2.24) is 4.58 Å². The van der Waals surface area contributed by atoms with Crippen LogP contribution >= 0.6 is 0 Å². The lowest BCUT2D eigenvalue weighted by molar-refractivity contribution is 0.433. The monoisotopic (exact) mass is 337 g/mol. The summed E-state index contributed by atoms with van der Waals surface area (Å²) in [6, 6.07) is 0. The Morgan fingerprint density at radius 1 is 0.833 bits per heavy atom. The Labute approximate surface area is 147 Å². The molecule has 0 aromatic heterocycles. The fraction of sp³-hybridized carbons (Fsp3) is 0.800. The van der Waals surface area contributed by atoms with Crippen molar-refractivity contribution in [1.29, 1.82) is 0 Å². The van der Waals surface area contributed by atoms with Gasteiger partial charge >= 0.3 is 0 Å². The third kappa shape index (κ3) is 5.35. The van der Waals surface area contributed by atoms with Crippen LogP contribution in [0.3, 0.4) is 0 Å². The minimum atomic E-state index is 0.0481. The van der Waals surface area contributed by atoms with Gasteiger partial charge in [-0.15, -0.1) is 0 Å². The maximum absolute atomic E-state index is 12.8. The minimum absolute atomic E-state index is 0.0481. The molecule has 0 bridgehead atoms. The first-order valence-electron chi connectivity index (χ1n) is 9.97. The van der Waals surface area contributed by atoms with Crippen molar-refractivity contribution >= 4 is 5.69 Å². The molecule has 1 aromatic carbocycles. The third-order valence-electron chi connectivity index (χ3n) is 4.64. The van der Waals surface area contributed by atoms with Crippen LogP contribution in [0.2, 0.25) is 0 Å². The summed E-state index contributed by atoms with van der Waals surface area (Å²) >= 11 is 0. The van der Waals surface area contributed by atoms with E-state index in [1.54, 1.807) is 0 Å². The van der Waals surface area contributed by atoms with Gasteiger partial charge in [0.1, 0.15) is 18.8 Å². The van der Waals surface area contributed by atoms with Crippen molar-refractivity contribution in [2.24, 2.45) is 0 Å². The first kappa shape index (κ1) is 20.7. The lowest BCUT2D eigenvalue weighted by atomic mass is 10.1. The van der Waals surface area contributed by atoms with Gasteiger partial charge in [0.05, 0.1) is 0 Å². The molecule has 4 heteroatoms. The Kier molecular flexibility index (Phi) is 9.73. The quantitative estimate of drug-likeness (QED) is 0.561.